The number of aromatic nitrogens is 4. The fraction of sp³-hybridized carbons (Fsp3) is 0.217. The van der Waals surface area contributed by atoms with Crippen LogP contribution in [0.4, 0.5) is 0 Å². The van der Waals surface area contributed by atoms with Crippen LogP contribution in [0.5, 0.6) is 0 Å². The largest absolute Gasteiger partial charge is 0.486 e. The molecule has 0 unspecified atom stereocenters. The summed E-state index contributed by atoms with van der Waals surface area (Å²) in [6, 6.07) is 58.9. The van der Waals surface area contributed by atoms with Gasteiger partial charge >= 0.3 is 0 Å². The van der Waals surface area contributed by atoms with Gasteiger partial charge in [-0.25, -0.2) is 4.98 Å². The third kappa shape index (κ3) is 9.92. The second-order valence-electron chi connectivity index (χ2n) is 20.2. The van der Waals surface area contributed by atoms with Crippen molar-refractivity contribution in [1.82, 2.24) is 19.5 Å². The Morgan fingerprint density at radius 1 is 0.687 bits per heavy atom. The van der Waals surface area contributed by atoms with Crippen molar-refractivity contribution >= 4 is 46.4 Å². The van der Waals surface area contributed by atoms with Gasteiger partial charge in [-0.3, -0.25) is 4.98 Å². The van der Waals surface area contributed by atoms with E-state index >= 15 is 0 Å². The van der Waals surface area contributed by atoms with Gasteiger partial charge in [0, 0.05) is 51.3 Å². The van der Waals surface area contributed by atoms with Gasteiger partial charge in [0.2, 0.25) is 5.71 Å². The van der Waals surface area contributed by atoms with Gasteiger partial charge in [0.05, 0.1) is 36.2 Å². The molecule has 10 aromatic rings. The number of nitrogens with zero attached hydrogens (tertiary/aromatic N) is 4. The smallest absolute Gasteiger partial charge is 0.216 e. The molecule has 4 heterocycles. The van der Waals surface area contributed by atoms with E-state index < -0.39 is 19.9 Å². The number of benzene rings is 6. The Morgan fingerprint density at radius 3 is 1.94 bits per heavy atom. The Bertz CT molecular complexity index is 3380. The second kappa shape index (κ2) is 18.8. The van der Waals surface area contributed by atoms with Gasteiger partial charge in [-0.2, -0.15) is 0 Å². The maximum atomic E-state index is 8.75. The zero-order valence-electron chi connectivity index (χ0n) is 42.0. The standard InChI is InChI=1S/C41H32N3O.C19H26NSi.Ir/c1-26-22-23-31-30-18-13-19-32(38(30)45-40(31)42-26)39-43-35-20-11-12-21-36(35)44(39)37-33(27-14-7-5-8-15-27)24-29(41(2,3)4)25-34(37)28-16-9-6-10-17-28;1-19(2,3)13-16-12-17(15-10-8-7-9-11-15)20-14-18(16)21(4,5)6;/h5-18,20-25H,1-4H3;7-10,12,14H,13H2,1-6H3;/q2*-1;/i;13D2;. The molecule has 0 N–H and O–H groups in total. The van der Waals surface area contributed by atoms with Crippen molar-refractivity contribution in [3.63, 3.8) is 0 Å². The molecule has 0 fully saturated rings. The van der Waals surface area contributed by atoms with Crippen LogP contribution < -0.4 is 5.19 Å². The molecule has 0 aliphatic rings. The number of furan rings is 1. The number of fused-ring (bicyclic) bond motifs is 4. The molecule has 0 spiro atoms. The Labute approximate surface area is 413 Å². The summed E-state index contributed by atoms with van der Waals surface area (Å²) in [7, 11) is -1.70. The molecular formula is C60H58IrN4OSi-2. The molecular weight excluding hydrogens is 1010 g/mol. The molecule has 67 heavy (non-hydrogen) atoms. The third-order valence-corrected chi connectivity index (χ3v) is 13.8. The summed E-state index contributed by atoms with van der Waals surface area (Å²) in [5.74, 6) is 0.774. The van der Waals surface area contributed by atoms with Crippen LogP contribution >= 0.6 is 0 Å². The third-order valence-electron chi connectivity index (χ3n) is 11.8. The fourth-order valence-electron chi connectivity index (χ4n) is 8.55. The zero-order valence-corrected chi connectivity index (χ0v) is 43.4. The van der Waals surface area contributed by atoms with Gasteiger partial charge in [-0.1, -0.05) is 157 Å². The van der Waals surface area contributed by atoms with E-state index in [-0.39, 0.29) is 25.5 Å². The van der Waals surface area contributed by atoms with E-state index in [4.69, 9.17) is 17.1 Å². The minimum atomic E-state index is -1.70. The normalized spacial score (nSPS) is 12.6. The van der Waals surface area contributed by atoms with Crippen molar-refractivity contribution in [3.05, 3.63) is 187 Å². The Kier molecular flexibility index (Phi) is 12.5. The molecule has 0 saturated heterocycles. The summed E-state index contributed by atoms with van der Waals surface area (Å²) in [6.45, 7) is 21.4. The molecule has 10 rings (SSSR count). The predicted octanol–water partition coefficient (Wildman–Crippen LogP) is 15.4. The maximum absolute atomic E-state index is 8.75. The average Bonchev–Trinajstić information content (AvgIpc) is 3.89. The van der Waals surface area contributed by atoms with E-state index in [0.29, 0.717) is 5.71 Å². The van der Waals surface area contributed by atoms with Crippen molar-refractivity contribution in [3.8, 4) is 50.6 Å². The molecule has 7 heteroatoms. The van der Waals surface area contributed by atoms with Crippen molar-refractivity contribution in [1.29, 1.82) is 0 Å². The minimum Gasteiger partial charge on any atom is -0.486 e. The molecule has 0 saturated carbocycles. The summed E-state index contributed by atoms with van der Waals surface area (Å²) < 4.78 is 26.3. The Morgan fingerprint density at radius 2 is 1.33 bits per heavy atom. The molecule has 1 radical (unpaired) electrons. The van der Waals surface area contributed by atoms with Gasteiger partial charge in [0.1, 0.15) is 0 Å². The Balaban J connectivity index is 0.000000227. The van der Waals surface area contributed by atoms with Crippen molar-refractivity contribution < 1.29 is 27.3 Å². The topological polar surface area (TPSA) is 56.7 Å². The van der Waals surface area contributed by atoms with Crippen LogP contribution in [0.25, 0.3) is 83.7 Å². The number of hydrogen-bond acceptors (Lipinski definition) is 4. The summed E-state index contributed by atoms with van der Waals surface area (Å²) >= 11 is 0. The first-order valence-electron chi connectivity index (χ1n) is 23.8. The van der Waals surface area contributed by atoms with Crippen LogP contribution in [0.3, 0.4) is 0 Å². The minimum absolute atomic E-state index is 0. The zero-order chi connectivity index (χ0) is 48.2. The monoisotopic (exact) mass is 1070 g/mol. The molecule has 0 aliphatic carbocycles. The van der Waals surface area contributed by atoms with E-state index in [2.05, 4.69) is 165 Å². The molecule has 4 aromatic heterocycles. The molecule has 6 aromatic carbocycles. The number of pyridine rings is 2. The summed E-state index contributed by atoms with van der Waals surface area (Å²) in [5, 5.41) is 3.08. The van der Waals surface area contributed by atoms with Crippen LogP contribution in [-0.2, 0) is 31.9 Å². The number of hydrogen-bond donors (Lipinski definition) is 0. The SMILES string of the molecule is Cc1ccc2c(n1)oc1c(-c3nc4ccccc4n3-c3c(-c4ccccc4)cc(C(C)(C)C)cc3-c3ccccc3)[c-]ccc12.[2H]C([2H])(c1cc(-c2[c-]cccc2)ncc1[Si](C)(C)C)C(C)(C)C.[Ir]. The number of aryl methyl sites for hydroxylation is 1. The van der Waals surface area contributed by atoms with Crippen LogP contribution in [0.15, 0.2) is 162 Å². The van der Waals surface area contributed by atoms with E-state index in [1.807, 2.05) is 82.4 Å². The quantitative estimate of drug-likeness (QED) is 0.118. The molecule has 5 nitrogen and oxygen atoms in total. The van der Waals surface area contributed by atoms with Crippen molar-refractivity contribution in [2.24, 2.45) is 5.41 Å². The van der Waals surface area contributed by atoms with Gasteiger partial charge in [-0.15, -0.1) is 54.1 Å². The molecule has 0 atom stereocenters. The molecule has 0 amide bonds. The summed E-state index contributed by atoms with van der Waals surface area (Å²) in [6.07, 6.45) is 0.469. The van der Waals surface area contributed by atoms with Gasteiger partial charge in [-0.05, 0) is 88.1 Å². The van der Waals surface area contributed by atoms with Crippen molar-refractivity contribution in [2.75, 3.05) is 0 Å². The Hall–Kier alpha value is -6.24. The van der Waals surface area contributed by atoms with Crippen LogP contribution in [0, 0.1) is 24.5 Å². The maximum Gasteiger partial charge on any atom is 0.216 e. The number of imidazole rings is 1. The molecule has 0 aliphatic heterocycles. The first-order chi connectivity index (χ1) is 32.3. The first-order valence-corrected chi connectivity index (χ1v) is 26.3. The molecule has 0 bridgehead atoms. The van der Waals surface area contributed by atoms with Crippen LogP contribution in [0.1, 0.15) is 61.1 Å². The van der Waals surface area contributed by atoms with Crippen LogP contribution in [-0.4, -0.2) is 27.6 Å². The molecule has 339 valence electrons. The average molecular weight is 1070 g/mol. The number of para-hydroxylation sites is 2. The summed E-state index contributed by atoms with van der Waals surface area (Å²) in [5.41, 5.74) is 13.8. The van der Waals surface area contributed by atoms with Gasteiger partial charge < -0.3 is 14.0 Å². The van der Waals surface area contributed by atoms with E-state index in [0.717, 1.165) is 94.4 Å². The second-order valence-corrected chi connectivity index (χ2v) is 25.2. The predicted molar refractivity (Wildman–Crippen MR) is 279 cm³/mol. The summed E-state index contributed by atoms with van der Waals surface area (Å²) in [4.78, 5) is 14.6. The van der Waals surface area contributed by atoms with E-state index in [1.54, 1.807) is 0 Å². The first kappa shape index (κ1) is 44.6. The fourth-order valence-corrected chi connectivity index (χ4v) is 9.94. The number of rotatable bonds is 7. The van der Waals surface area contributed by atoms with Gasteiger partial charge in [0.25, 0.3) is 0 Å². The van der Waals surface area contributed by atoms with Gasteiger partial charge in [0.15, 0.2) is 0 Å². The van der Waals surface area contributed by atoms with Crippen LogP contribution in [0.2, 0.25) is 19.6 Å². The van der Waals surface area contributed by atoms with Crippen molar-refractivity contribution in [2.45, 2.75) is 79.9 Å². The van der Waals surface area contributed by atoms with E-state index in [9.17, 15) is 0 Å². The van der Waals surface area contributed by atoms with E-state index in [1.165, 1.54) is 5.56 Å².